The second kappa shape index (κ2) is 3.57. The van der Waals surface area contributed by atoms with Crippen molar-refractivity contribution in [3.63, 3.8) is 0 Å². The van der Waals surface area contributed by atoms with Crippen LogP contribution in [0, 0.1) is 0 Å². The second-order valence-electron chi connectivity index (χ2n) is 4.01. The Bertz CT molecular complexity index is 421. The fourth-order valence-electron chi connectivity index (χ4n) is 2.17. The highest BCUT2D eigenvalue weighted by Gasteiger charge is 2.21. The zero-order valence-electron chi connectivity index (χ0n) is 8.71. The molecule has 2 N–H and O–H groups in total. The van der Waals surface area contributed by atoms with Crippen LogP contribution in [0.25, 0.3) is 0 Å². The Hall–Kier alpha value is -1.51. The summed E-state index contributed by atoms with van der Waals surface area (Å²) in [5.41, 5.74) is 1.79. The number of benzene rings is 1. The monoisotopic (exact) mass is 206 g/mol. The van der Waals surface area contributed by atoms with Crippen LogP contribution in [-0.2, 0) is 12.8 Å². The van der Waals surface area contributed by atoms with E-state index in [1.54, 1.807) is 0 Å². The third-order valence-electron chi connectivity index (χ3n) is 2.98. The number of ketones is 1. The van der Waals surface area contributed by atoms with Crippen LogP contribution in [0.4, 0.5) is 0 Å². The van der Waals surface area contributed by atoms with Gasteiger partial charge in [0.25, 0.3) is 0 Å². The van der Waals surface area contributed by atoms with Crippen molar-refractivity contribution in [1.29, 1.82) is 0 Å². The van der Waals surface area contributed by atoms with Gasteiger partial charge in [0.2, 0.25) is 0 Å². The van der Waals surface area contributed by atoms with E-state index in [1.165, 1.54) is 13.0 Å². The summed E-state index contributed by atoms with van der Waals surface area (Å²) in [4.78, 5) is 11.2. The van der Waals surface area contributed by atoms with Gasteiger partial charge in [0.1, 0.15) is 11.5 Å². The van der Waals surface area contributed by atoms with Gasteiger partial charge >= 0.3 is 0 Å². The summed E-state index contributed by atoms with van der Waals surface area (Å²) >= 11 is 0. The molecule has 1 aromatic carbocycles. The van der Waals surface area contributed by atoms with Gasteiger partial charge in [0.15, 0.2) is 5.78 Å². The highest BCUT2D eigenvalue weighted by atomic mass is 16.3. The Morgan fingerprint density at radius 3 is 2.40 bits per heavy atom. The Morgan fingerprint density at radius 2 is 1.80 bits per heavy atom. The third kappa shape index (κ3) is 1.58. The summed E-state index contributed by atoms with van der Waals surface area (Å²) in [5.74, 6) is -0.00104. The Kier molecular flexibility index (Phi) is 2.39. The lowest BCUT2D eigenvalue weighted by Gasteiger charge is -2.19. The SMILES string of the molecule is CC(=O)c1cc(O)c2c(c1O)CCCC2. The minimum atomic E-state index is -0.212. The van der Waals surface area contributed by atoms with Crippen LogP contribution < -0.4 is 0 Å². The van der Waals surface area contributed by atoms with E-state index >= 15 is 0 Å². The molecule has 3 heteroatoms. The number of carbonyl (C=O) groups excluding carboxylic acids is 1. The molecule has 1 aliphatic rings. The summed E-state index contributed by atoms with van der Waals surface area (Å²) in [6.45, 7) is 1.39. The first-order valence-corrected chi connectivity index (χ1v) is 5.19. The van der Waals surface area contributed by atoms with E-state index in [0.717, 1.165) is 36.8 Å². The Balaban J connectivity index is 2.64. The maximum absolute atomic E-state index is 11.2. The van der Waals surface area contributed by atoms with E-state index in [2.05, 4.69) is 0 Å². The van der Waals surface area contributed by atoms with Crippen molar-refractivity contribution in [3.05, 3.63) is 22.8 Å². The van der Waals surface area contributed by atoms with E-state index in [-0.39, 0.29) is 22.8 Å². The number of fused-ring (bicyclic) bond motifs is 1. The second-order valence-corrected chi connectivity index (χ2v) is 4.01. The van der Waals surface area contributed by atoms with E-state index in [0.29, 0.717) is 0 Å². The lowest BCUT2D eigenvalue weighted by Crippen LogP contribution is -2.06. The van der Waals surface area contributed by atoms with Gasteiger partial charge < -0.3 is 10.2 Å². The van der Waals surface area contributed by atoms with Gasteiger partial charge in [-0.25, -0.2) is 0 Å². The smallest absolute Gasteiger partial charge is 0.163 e. The van der Waals surface area contributed by atoms with E-state index in [1.807, 2.05) is 0 Å². The van der Waals surface area contributed by atoms with Gasteiger partial charge in [0.05, 0.1) is 5.56 Å². The molecule has 80 valence electrons. The number of carbonyl (C=O) groups is 1. The first-order chi connectivity index (χ1) is 7.11. The van der Waals surface area contributed by atoms with Gasteiger partial charge in [-0.1, -0.05) is 0 Å². The van der Waals surface area contributed by atoms with Gasteiger partial charge in [-0.15, -0.1) is 0 Å². The first-order valence-electron chi connectivity index (χ1n) is 5.19. The van der Waals surface area contributed by atoms with Crippen molar-refractivity contribution in [3.8, 4) is 11.5 Å². The molecule has 0 fully saturated rings. The Morgan fingerprint density at radius 1 is 1.20 bits per heavy atom. The van der Waals surface area contributed by atoms with Crippen LogP contribution in [0.3, 0.4) is 0 Å². The zero-order chi connectivity index (χ0) is 11.0. The highest BCUT2D eigenvalue weighted by molar-refractivity contribution is 5.97. The average Bonchev–Trinajstić information content (AvgIpc) is 2.23. The predicted octanol–water partition coefficient (Wildman–Crippen LogP) is 2.18. The molecule has 2 rings (SSSR count). The number of aromatic hydroxyl groups is 2. The topological polar surface area (TPSA) is 57.5 Å². The molecule has 0 spiro atoms. The van der Waals surface area contributed by atoms with Crippen molar-refractivity contribution in [2.75, 3.05) is 0 Å². The summed E-state index contributed by atoms with van der Waals surface area (Å²) in [7, 11) is 0. The number of rotatable bonds is 1. The van der Waals surface area contributed by atoms with E-state index < -0.39 is 0 Å². The average molecular weight is 206 g/mol. The standard InChI is InChI=1S/C12H14O3/c1-7(13)10-6-11(14)8-4-2-3-5-9(8)12(10)15/h6,14-15H,2-5H2,1H3. The lowest BCUT2D eigenvalue weighted by molar-refractivity contribution is 0.101. The number of hydrogen-bond acceptors (Lipinski definition) is 3. The maximum Gasteiger partial charge on any atom is 0.163 e. The van der Waals surface area contributed by atoms with E-state index in [9.17, 15) is 15.0 Å². The van der Waals surface area contributed by atoms with Crippen molar-refractivity contribution in [2.45, 2.75) is 32.6 Å². The number of phenols is 2. The number of hydrogen-bond donors (Lipinski definition) is 2. The minimum absolute atomic E-state index is 0.0648. The summed E-state index contributed by atoms with van der Waals surface area (Å²) in [6, 6.07) is 1.38. The molecule has 0 radical (unpaired) electrons. The zero-order valence-corrected chi connectivity index (χ0v) is 8.71. The fraction of sp³-hybridized carbons (Fsp3) is 0.417. The first kappa shape index (κ1) is 10.0. The van der Waals surface area contributed by atoms with Gasteiger partial charge in [0, 0.05) is 11.1 Å². The molecule has 0 saturated carbocycles. The molecule has 0 unspecified atom stereocenters. The van der Waals surface area contributed by atoms with Crippen LogP contribution in [0.15, 0.2) is 6.07 Å². The van der Waals surface area contributed by atoms with Crippen molar-refractivity contribution in [1.82, 2.24) is 0 Å². The molecule has 3 nitrogen and oxygen atoms in total. The molecule has 0 saturated heterocycles. The van der Waals surface area contributed by atoms with E-state index in [4.69, 9.17) is 0 Å². The van der Waals surface area contributed by atoms with Crippen molar-refractivity contribution < 1.29 is 15.0 Å². The number of phenolic OH excluding ortho intramolecular Hbond substituents is 2. The fourth-order valence-corrected chi connectivity index (χ4v) is 2.17. The third-order valence-corrected chi connectivity index (χ3v) is 2.98. The molecule has 1 aliphatic carbocycles. The van der Waals surface area contributed by atoms with Crippen molar-refractivity contribution in [2.24, 2.45) is 0 Å². The molecule has 0 aromatic heterocycles. The van der Waals surface area contributed by atoms with Gasteiger partial charge in [-0.3, -0.25) is 4.79 Å². The summed E-state index contributed by atoms with van der Waals surface area (Å²) in [6.07, 6.45) is 3.56. The molecule has 0 bridgehead atoms. The minimum Gasteiger partial charge on any atom is -0.508 e. The largest absolute Gasteiger partial charge is 0.508 e. The van der Waals surface area contributed by atoms with Crippen LogP contribution in [0.2, 0.25) is 0 Å². The molecule has 0 aliphatic heterocycles. The maximum atomic E-state index is 11.2. The van der Waals surface area contributed by atoms with Crippen LogP contribution in [0.1, 0.15) is 41.3 Å². The predicted molar refractivity (Wildman–Crippen MR) is 56.4 cm³/mol. The molecule has 15 heavy (non-hydrogen) atoms. The Labute approximate surface area is 88.4 Å². The normalized spacial score (nSPS) is 14.7. The van der Waals surface area contributed by atoms with Crippen LogP contribution in [0.5, 0.6) is 11.5 Å². The summed E-state index contributed by atoms with van der Waals surface area (Å²) in [5, 5.41) is 19.6. The van der Waals surface area contributed by atoms with Gasteiger partial charge in [-0.05, 0) is 38.7 Å². The molecule has 1 aromatic rings. The number of Topliss-reactive ketones (excluding diaryl/α,β-unsaturated/α-hetero) is 1. The van der Waals surface area contributed by atoms with Crippen LogP contribution in [-0.4, -0.2) is 16.0 Å². The lowest BCUT2D eigenvalue weighted by atomic mass is 9.88. The quantitative estimate of drug-likeness (QED) is 0.547. The molecule has 0 heterocycles. The summed E-state index contributed by atoms with van der Waals surface area (Å²) < 4.78 is 0. The molecular weight excluding hydrogens is 192 g/mol. The van der Waals surface area contributed by atoms with Crippen molar-refractivity contribution >= 4 is 5.78 Å². The molecule has 0 atom stereocenters. The van der Waals surface area contributed by atoms with Gasteiger partial charge in [-0.2, -0.15) is 0 Å². The highest BCUT2D eigenvalue weighted by Crippen LogP contribution is 2.37. The molecule has 0 amide bonds. The molecular formula is C12H14O3. The van der Waals surface area contributed by atoms with Crippen LogP contribution >= 0.6 is 0 Å².